The van der Waals surface area contributed by atoms with Gasteiger partial charge in [0.2, 0.25) is 0 Å². The number of nitrogens with one attached hydrogen (secondary N) is 1. The molecule has 1 aliphatic rings. The highest BCUT2D eigenvalue weighted by molar-refractivity contribution is 5.14. The van der Waals surface area contributed by atoms with Crippen LogP contribution in [-0.4, -0.2) is 24.2 Å². The summed E-state index contributed by atoms with van der Waals surface area (Å²) >= 11 is 0. The zero-order valence-corrected chi connectivity index (χ0v) is 10.1. The van der Waals surface area contributed by atoms with Gasteiger partial charge in [0, 0.05) is 13.1 Å². The molecule has 0 saturated carbocycles. The standard InChI is InChI=1S/C14H19N3/c15-9-11-17-10-5-4-8-14(17)16-12-13-6-2-1-3-7-13/h1-3,6-7,14,16H,4-5,8,10-12H2. The molecule has 2 rings (SSSR count). The molecule has 1 heterocycles. The average molecular weight is 229 g/mol. The largest absolute Gasteiger partial charge is 0.298 e. The maximum atomic E-state index is 8.80. The number of likely N-dealkylation sites (tertiary alicyclic amines) is 1. The van der Waals surface area contributed by atoms with Gasteiger partial charge >= 0.3 is 0 Å². The number of rotatable bonds is 4. The highest BCUT2D eigenvalue weighted by Gasteiger charge is 2.20. The van der Waals surface area contributed by atoms with Crippen LogP contribution < -0.4 is 5.32 Å². The topological polar surface area (TPSA) is 39.1 Å². The van der Waals surface area contributed by atoms with Crippen LogP contribution in [-0.2, 0) is 6.54 Å². The quantitative estimate of drug-likeness (QED) is 0.804. The molecule has 1 unspecified atom stereocenters. The van der Waals surface area contributed by atoms with Gasteiger partial charge < -0.3 is 0 Å². The smallest absolute Gasteiger partial charge is 0.0878 e. The third-order valence-electron chi connectivity index (χ3n) is 3.27. The molecule has 90 valence electrons. The predicted molar refractivity (Wildman–Crippen MR) is 68.1 cm³/mol. The maximum absolute atomic E-state index is 8.80. The summed E-state index contributed by atoms with van der Waals surface area (Å²) < 4.78 is 0. The molecule has 0 aliphatic carbocycles. The molecule has 1 aromatic rings. The van der Waals surface area contributed by atoms with Crippen molar-refractivity contribution in [3.05, 3.63) is 35.9 Å². The van der Waals surface area contributed by atoms with Gasteiger partial charge in [-0.2, -0.15) is 5.26 Å². The van der Waals surface area contributed by atoms with Gasteiger partial charge in [0.15, 0.2) is 0 Å². The zero-order valence-electron chi connectivity index (χ0n) is 10.1. The van der Waals surface area contributed by atoms with E-state index in [0.717, 1.165) is 19.5 Å². The molecule has 1 aromatic carbocycles. The van der Waals surface area contributed by atoms with Gasteiger partial charge in [-0.05, 0) is 24.8 Å². The van der Waals surface area contributed by atoms with Crippen LogP contribution in [0.1, 0.15) is 24.8 Å². The van der Waals surface area contributed by atoms with E-state index in [9.17, 15) is 0 Å². The molecule has 1 saturated heterocycles. The first-order chi connectivity index (χ1) is 8.40. The Morgan fingerprint density at radius 3 is 2.88 bits per heavy atom. The molecule has 3 nitrogen and oxygen atoms in total. The predicted octanol–water partition coefficient (Wildman–Crippen LogP) is 2.11. The lowest BCUT2D eigenvalue weighted by molar-refractivity contribution is 0.136. The van der Waals surface area contributed by atoms with Crippen molar-refractivity contribution >= 4 is 0 Å². The van der Waals surface area contributed by atoms with E-state index >= 15 is 0 Å². The van der Waals surface area contributed by atoms with Gasteiger partial charge in [-0.25, -0.2) is 0 Å². The molecule has 1 fully saturated rings. The van der Waals surface area contributed by atoms with Crippen LogP contribution in [0.5, 0.6) is 0 Å². The van der Waals surface area contributed by atoms with Crippen molar-refractivity contribution in [2.24, 2.45) is 0 Å². The Kier molecular flexibility index (Phi) is 4.54. The summed E-state index contributed by atoms with van der Waals surface area (Å²) in [6, 6.07) is 12.7. The summed E-state index contributed by atoms with van der Waals surface area (Å²) in [5, 5.41) is 12.3. The number of benzene rings is 1. The van der Waals surface area contributed by atoms with Crippen molar-refractivity contribution in [1.29, 1.82) is 5.26 Å². The van der Waals surface area contributed by atoms with Gasteiger partial charge in [-0.3, -0.25) is 10.2 Å². The Labute approximate surface area is 103 Å². The minimum absolute atomic E-state index is 0.364. The van der Waals surface area contributed by atoms with E-state index in [1.54, 1.807) is 0 Å². The number of hydrogen-bond donors (Lipinski definition) is 1. The molecule has 17 heavy (non-hydrogen) atoms. The van der Waals surface area contributed by atoms with Crippen LogP contribution in [0.25, 0.3) is 0 Å². The van der Waals surface area contributed by atoms with E-state index in [-0.39, 0.29) is 0 Å². The number of nitrogens with zero attached hydrogens (tertiary/aromatic N) is 2. The molecular weight excluding hydrogens is 210 g/mol. The summed E-state index contributed by atoms with van der Waals surface area (Å²) in [6.45, 7) is 2.46. The minimum atomic E-state index is 0.364. The number of piperidine rings is 1. The molecule has 3 heteroatoms. The fraction of sp³-hybridized carbons (Fsp3) is 0.500. The van der Waals surface area contributed by atoms with Crippen LogP contribution in [0.4, 0.5) is 0 Å². The number of hydrogen-bond acceptors (Lipinski definition) is 3. The molecule has 0 radical (unpaired) electrons. The van der Waals surface area contributed by atoms with Crippen molar-refractivity contribution < 1.29 is 0 Å². The molecule has 0 amide bonds. The SMILES string of the molecule is N#CCN1CCCCC1NCc1ccccc1. The summed E-state index contributed by atoms with van der Waals surface area (Å²) in [6.07, 6.45) is 3.98. The lowest BCUT2D eigenvalue weighted by Crippen LogP contribution is -2.48. The third kappa shape index (κ3) is 3.55. The normalized spacial score (nSPS) is 21.0. The zero-order chi connectivity index (χ0) is 11.9. The lowest BCUT2D eigenvalue weighted by atomic mass is 10.1. The first-order valence-electron chi connectivity index (χ1n) is 6.28. The molecule has 1 N–H and O–H groups in total. The molecule has 0 aromatic heterocycles. The van der Waals surface area contributed by atoms with Crippen molar-refractivity contribution in [3.63, 3.8) is 0 Å². The molecule has 1 aliphatic heterocycles. The lowest BCUT2D eigenvalue weighted by Gasteiger charge is -2.34. The van der Waals surface area contributed by atoms with Crippen LogP contribution in [0.3, 0.4) is 0 Å². The van der Waals surface area contributed by atoms with E-state index in [1.807, 2.05) is 6.07 Å². The van der Waals surface area contributed by atoms with Crippen molar-refractivity contribution in [3.8, 4) is 6.07 Å². The fourth-order valence-electron chi connectivity index (χ4n) is 2.33. The summed E-state index contributed by atoms with van der Waals surface area (Å²) in [5.74, 6) is 0. The average Bonchev–Trinajstić information content (AvgIpc) is 2.39. The van der Waals surface area contributed by atoms with Gasteiger partial charge in [0.1, 0.15) is 0 Å². The summed E-state index contributed by atoms with van der Waals surface area (Å²) in [5.41, 5.74) is 1.30. The number of nitriles is 1. The fourth-order valence-corrected chi connectivity index (χ4v) is 2.33. The second kappa shape index (κ2) is 6.39. The van der Waals surface area contributed by atoms with Gasteiger partial charge in [0.05, 0.1) is 18.8 Å². The van der Waals surface area contributed by atoms with E-state index in [1.165, 1.54) is 18.4 Å². The highest BCUT2D eigenvalue weighted by Crippen LogP contribution is 2.14. The minimum Gasteiger partial charge on any atom is -0.298 e. The first-order valence-corrected chi connectivity index (χ1v) is 6.28. The second-order valence-electron chi connectivity index (χ2n) is 4.51. The van der Waals surface area contributed by atoms with Crippen LogP contribution in [0, 0.1) is 11.3 Å². The molecule has 1 atom stereocenters. The highest BCUT2D eigenvalue weighted by atomic mass is 15.3. The molecule has 0 bridgehead atoms. The van der Waals surface area contributed by atoms with Crippen LogP contribution in [0.2, 0.25) is 0 Å². The molecule has 0 spiro atoms. The third-order valence-corrected chi connectivity index (χ3v) is 3.27. The summed E-state index contributed by atoms with van der Waals surface area (Å²) in [4.78, 5) is 2.24. The van der Waals surface area contributed by atoms with E-state index in [0.29, 0.717) is 12.7 Å². The van der Waals surface area contributed by atoms with Gasteiger partial charge in [0.25, 0.3) is 0 Å². The first kappa shape index (κ1) is 12.1. The van der Waals surface area contributed by atoms with Crippen molar-refractivity contribution in [2.75, 3.05) is 13.1 Å². The van der Waals surface area contributed by atoms with Crippen LogP contribution in [0.15, 0.2) is 30.3 Å². The van der Waals surface area contributed by atoms with Crippen LogP contribution >= 0.6 is 0 Å². The molecular formula is C14H19N3. The van der Waals surface area contributed by atoms with E-state index < -0.39 is 0 Å². The Balaban J connectivity index is 1.86. The maximum Gasteiger partial charge on any atom is 0.0878 e. The van der Waals surface area contributed by atoms with Crippen molar-refractivity contribution in [2.45, 2.75) is 32.0 Å². The van der Waals surface area contributed by atoms with Gasteiger partial charge in [-0.1, -0.05) is 30.3 Å². The van der Waals surface area contributed by atoms with Gasteiger partial charge in [-0.15, -0.1) is 0 Å². The van der Waals surface area contributed by atoms with Crippen molar-refractivity contribution in [1.82, 2.24) is 10.2 Å². The Hall–Kier alpha value is -1.37. The monoisotopic (exact) mass is 229 g/mol. The Morgan fingerprint density at radius 1 is 1.29 bits per heavy atom. The van der Waals surface area contributed by atoms with E-state index in [4.69, 9.17) is 5.26 Å². The Morgan fingerprint density at radius 2 is 2.12 bits per heavy atom. The summed E-state index contributed by atoms with van der Waals surface area (Å²) in [7, 11) is 0. The van der Waals surface area contributed by atoms with E-state index in [2.05, 4.69) is 40.6 Å². The second-order valence-corrected chi connectivity index (χ2v) is 4.51. The Bertz CT molecular complexity index is 369.